The summed E-state index contributed by atoms with van der Waals surface area (Å²) >= 11 is 1.20. The van der Waals surface area contributed by atoms with Gasteiger partial charge in [-0.3, -0.25) is 9.59 Å². The molecule has 0 saturated heterocycles. The van der Waals surface area contributed by atoms with Crippen molar-refractivity contribution in [2.75, 3.05) is 24.2 Å². The minimum Gasteiger partial charge on any atom is -0.462 e. The highest BCUT2D eigenvalue weighted by Gasteiger charge is 2.14. The van der Waals surface area contributed by atoms with Gasteiger partial charge in [0, 0.05) is 25.7 Å². The van der Waals surface area contributed by atoms with Gasteiger partial charge in [-0.2, -0.15) is 0 Å². The van der Waals surface area contributed by atoms with Crippen LogP contribution in [0.5, 0.6) is 0 Å². The van der Waals surface area contributed by atoms with E-state index in [4.69, 9.17) is 4.74 Å². The van der Waals surface area contributed by atoms with E-state index >= 15 is 0 Å². The number of hydrogen-bond donors (Lipinski definition) is 2. The number of ether oxygens (including phenoxy) is 1. The Morgan fingerprint density at radius 3 is 2.68 bits per heavy atom. The first-order valence-electron chi connectivity index (χ1n) is 10.5. The number of nitrogens with one attached hydrogen (secondary N) is 2. The number of benzene rings is 2. The molecule has 0 bridgehead atoms. The zero-order valence-corrected chi connectivity index (χ0v) is 19.5. The molecule has 1 heterocycles. The molecular weight excluding hydrogens is 461 g/mol. The third-order valence-corrected chi connectivity index (χ3v) is 5.69. The Morgan fingerprint density at radius 1 is 1.12 bits per heavy atom. The topological polar surface area (TPSA) is 115 Å². The van der Waals surface area contributed by atoms with Crippen LogP contribution < -0.4 is 10.6 Å². The van der Waals surface area contributed by atoms with Gasteiger partial charge in [-0.05, 0) is 37.3 Å². The summed E-state index contributed by atoms with van der Waals surface area (Å²) < 4.78 is 20.4. The highest BCUT2D eigenvalue weighted by molar-refractivity contribution is 7.99. The van der Waals surface area contributed by atoms with Crippen LogP contribution in [-0.4, -0.2) is 51.5 Å². The maximum absolute atomic E-state index is 13.7. The molecule has 34 heavy (non-hydrogen) atoms. The zero-order valence-electron chi connectivity index (χ0n) is 18.7. The predicted octanol–water partition coefficient (Wildman–Crippen LogP) is 2.83. The molecule has 0 aliphatic carbocycles. The van der Waals surface area contributed by atoms with Gasteiger partial charge in [0.15, 0.2) is 5.16 Å². The molecule has 0 aliphatic rings. The van der Waals surface area contributed by atoms with E-state index in [0.717, 1.165) is 0 Å². The lowest BCUT2D eigenvalue weighted by atomic mass is 10.2. The van der Waals surface area contributed by atoms with Crippen molar-refractivity contribution in [3.05, 3.63) is 71.3 Å². The molecule has 2 N–H and O–H groups in total. The molecule has 2 aromatic carbocycles. The van der Waals surface area contributed by atoms with E-state index in [9.17, 15) is 18.8 Å². The molecule has 0 spiro atoms. The summed E-state index contributed by atoms with van der Waals surface area (Å²) in [6, 6.07) is 12.3. The van der Waals surface area contributed by atoms with Gasteiger partial charge in [-0.25, -0.2) is 9.18 Å². The van der Waals surface area contributed by atoms with Gasteiger partial charge < -0.3 is 19.9 Å². The number of rotatable bonds is 10. The van der Waals surface area contributed by atoms with Crippen molar-refractivity contribution in [2.24, 2.45) is 7.05 Å². The minimum atomic E-state index is -0.580. The van der Waals surface area contributed by atoms with Crippen LogP contribution in [0.3, 0.4) is 0 Å². The smallest absolute Gasteiger partial charge is 0.338 e. The number of thioether (sulfide) groups is 1. The summed E-state index contributed by atoms with van der Waals surface area (Å²) in [5, 5.41) is 14.1. The fourth-order valence-electron chi connectivity index (χ4n) is 2.98. The fraction of sp³-hybridized carbons (Fsp3) is 0.261. The molecule has 0 atom stereocenters. The maximum Gasteiger partial charge on any atom is 0.338 e. The summed E-state index contributed by atoms with van der Waals surface area (Å²) in [5.41, 5.74) is 0.822. The number of anilines is 1. The zero-order chi connectivity index (χ0) is 24.5. The second-order valence-corrected chi connectivity index (χ2v) is 8.02. The highest BCUT2D eigenvalue weighted by Crippen LogP contribution is 2.17. The Kier molecular flexibility index (Phi) is 8.74. The Bertz CT molecular complexity index is 1180. The number of amides is 2. The van der Waals surface area contributed by atoms with Crippen LogP contribution >= 0.6 is 11.8 Å². The van der Waals surface area contributed by atoms with Crippen molar-refractivity contribution in [1.29, 1.82) is 0 Å². The van der Waals surface area contributed by atoms with Crippen LogP contribution in [0.2, 0.25) is 0 Å². The van der Waals surface area contributed by atoms with Crippen molar-refractivity contribution in [3.8, 4) is 0 Å². The quantitative estimate of drug-likeness (QED) is 0.335. The molecule has 0 fully saturated rings. The molecule has 2 amide bonds. The molecule has 3 aromatic rings. The van der Waals surface area contributed by atoms with Crippen LogP contribution in [0.15, 0.2) is 53.7 Å². The van der Waals surface area contributed by atoms with Gasteiger partial charge in [0.05, 0.1) is 23.5 Å². The van der Waals surface area contributed by atoms with Crippen molar-refractivity contribution in [1.82, 2.24) is 20.1 Å². The number of aromatic nitrogens is 3. The van der Waals surface area contributed by atoms with Gasteiger partial charge in [0.25, 0.3) is 5.91 Å². The normalized spacial score (nSPS) is 10.6. The Morgan fingerprint density at radius 2 is 1.91 bits per heavy atom. The monoisotopic (exact) mass is 485 g/mol. The van der Waals surface area contributed by atoms with Crippen molar-refractivity contribution < 1.29 is 23.5 Å². The number of esters is 1. The fourth-order valence-corrected chi connectivity index (χ4v) is 3.71. The minimum absolute atomic E-state index is 0.0180. The highest BCUT2D eigenvalue weighted by atomic mass is 32.2. The van der Waals surface area contributed by atoms with Crippen LogP contribution in [0, 0.1) is 5.82 Å². The molecule has 0 aliphatic heterocycles. The first kappa shape index (κ1) is 24.9. The van der Waals surface area contributed by atoms with Crippen LogP contribution in [-0.2, 0) is 23.0 Å². The van der Waals surface area contributed by atoms with Gasteiger partial charge >= 0.3 is 5.97 Å². The van der Waals surface area contributed by atoms with Gasteiger partial charge in [0.2, 0.25) is 5.91 Å². The molecular formula is C23H24FN5O4S. The predicted molar refractivity (Wildman–Crippen MR) is 125 cm³/mol. The summed E-state index contributed by atoms with van der Waals surface area (Å²) in [7, 11) is 1.76. The lowest BCUT2D eigenvalue weighted by molar-refractivity contribution is -0.113. The van der Waals surface area contributed by atoms with Gasteiger partial charge in [0.1, 0.15) is 11.6 Å². The standard InChI is InChI=1S/C23H24FN5O4S/c1-3-33-22(32)15-7-6-8-16(13-15)26-20(30)14-34-23-28-27-19(29(23)2)11-12-25-21(31)17-9-4-5-10-18(17)24/h4-10,13H,3,11-12,14H2,1-2H3,(H,25,31)(H,26,30). The van der Waals surface area contributed by atoms with E-state index < -0.39 is 17.7 Å². The number of carbonyl (C=O) groups is 3. The number of hydrogen-bond acceptors (Lipinski definition) is 7. The van der Waals surface area contributed by atoms with E-state index in [1.54, 1.807) is 48.9 Å². The van der Waals surface area contributed by atoms with E-state index in [2.05, 4.69) is 20.8 Å². The number of nitrogens with zero attached hydrogens (tertiary/aromatic N) is 3. The van der Waals surface area contributed by atoms with E-state index in [-0.39, 0.29) is 30.4 Å². The summed E-state index contributed by atoms with van der Waals surface area (Å²) in [6.07, 6.45) is 0.386. The average molecular weight is 486 g/mol. The molecule has 0 unspecified atom stereocenters. The van der Waals surface area contributed by atoms with Crippen molar-refractivity contribution in [2.45, 2.75) is 18.5 Å². The Balaban J connectivity index is 1.48. The molecule has 11 heteroatoms. The van der Waals surface area contributed by atoms with Gasteiger partial charge in [-0.15, -0.1) is 10.2 Å². The van der Waals surface area contributed by atoms with Crippen LogP contribution in [0.1, 0.15) is 33.5 Å². The second-order valence-electron chi connectivity index (χ2n) is 7.08. The van der Waals surface area contributed by atoms with Gasteiger partial charge in [-0.1, -0.05) is 30.0 Å². The summed E-state index contributed by atoms with van der Waals surface area (Å²) in [4.78, 5) is 36.3. The van der Waals surface area contributed by atoms with Crippen molar-refractivity contribution >= 4 is 35.2 Å². The molecule has 0 radical (unpaired) electrons. The molecule has 1 aromatic heterocycles. The Labute approximate surface area is 200 Å². The molecule has 9 nitrogen and oxygen atoms in total. The molecule has 3 rings (SSSR count). The molecule has 0 saturated carbocycles. The third-order valence-electron chi connectivity index (χ3n) is 4.67. The maximum atomic E-state index is 13.7. The lowest BCUT2D eigenvalue weighted by Gasteiger charge is -2.08. The third kappa shape index (κ3) is 6.64. The summed E-state index contributed by atoms with van der Waals surface area (Å²) in [5.74, 6) is -1.11. The van der Waals surface area contributed by atoms with E-state index in [1.165, 1.54) is 30.0 Å². The molecule has 178 valence electrons. The van der Waals surface area contributed by atoms with E-state index in [0.29, 0.717) is 28.7 Å². The Hall–Kier alpha value is -3.73. The average Bonchev–Trinajstić information content (AvgIpc) is 3.17. The first-order valence-corrected chi connectivity index (χ1v) is 11.5. The van der Waals surface area contributed by atoms with Crippen LogP contribution in [0.25, 0.3) is 0 Å². The first-order chi connectivity index (χ1) is 16.4. The second kappa shape index (κ2) is 11.9. The van der Waals surface area contributed by atoms with E-state index in [1.807, 2.05) is 0 Å². The number of halogens is 1. The number of carbonyl (C=O) groups excluding carboxylic acids is 3. The van der Waals surface area contributed by atoms with Crippen LogP contribution in [0.4, 0.5) is 10.1 Å². The lowest BCUT2D eigenvalue weighted by Crippen LogP contribution is -2.27. The largest absolute Gasteiger partial charge is 0.462 e. The summed E-state index contributed by atoms with van der Waals surface area (Å²) in [6.45, 7) is 2.24. The van der Waals surface area contributed by atoms with Crippen molar-refractivity contribution in [3.63, 3.8) is 0 Å². The SMILES string of the molecule is CCOC(=O)c1cccc(NC(=O)CSc2nnc(CCNC(=O)c3ccccc3F)n2C)c1.